The maximum absolute atomic E-state index is 12.1. The maximum atomic E-state index is 12.1. The lowest BCUT2D eigenvalue weighted by atomic mass is 9.49. The number of carbonyl (C=O) groups is 1. The molecule has 4 bridgehead atoms. The molecule has 0 amide bonds. The van der Waals surface area contributed by atoms with E-state index in [1.54, 1.807) is 14.0 Å². The molecule has 0 aromatic heterocycles. The average molecular weight is 278 g/mol. The number of esters is 1. The molecule has 0 atom stereocenters. The van der Waals surface area contributed by atoms with Crippen LogP contribution < -0.4 is 0 Å². The van der Waals surface area contributed by atoms with E-state index >= 15 is 0 Å². The summed E-state index contributed by atoms with van der Waals surface area (Å²) in [6.45, 7) is 6.15. The van der Waals surface area contributed by atoms with Gasteiger partial charge in [-0.3, -0.25) is 0 Å². The van der Waals surface area contributed by atoms with Crippen LogP contribution in [0.1, 0.15) is 45.4 Å². The van der Waals surface area contributed by atoms with Gasteiger partial charge in [-0.25, -0.2) is 4.79 Å². The highest BCUT2D eigenvalue weighted by atomic mass is 16.6. The van der Waals surface area contributed by atoms with Crippen molar-refractivity contribution in [3.8, 4) is 0 Å². The second kappa shape index (κ2) is 5.18. The molecule has 0 aromatic rings. The van der Waals surface area contributed by atoms with Gasteiger partial charge in [-0.2, -0.15) is 0 Å². The number of hydrogen-bond acceptors (Lipinski definition) is 3. The molecule has 4 aliphatic rings. The Morgan fingerprint density at radius 3 is 2.15 bits per heavy atom. The molecule has 0 unspecified atom stereocenters. The van der Waals surface area contributed by atoms with Crippen molar-refractivity contribution in [2.45, 2.75) is 51.0 Å². The van der Waals surface area contributed by atoms with Crippen molar-refractivity contribution in [1.29, 1.82) is 0 Å². The Morgan fingerprint density at radius 1 is 1.15 bits per heavy atom. The predicted molar refractivity (Wildman–Crippen MR) is 77.2 cm³/mol. The number of hydrogen-bond donors (Lipinski definition) is 0. The van der Waals surface area contributed by atoms with Crippen LogP contribution >= 0.6 is 0 Å². The zero-order valence-electron chi connectivity index (χ0n) is 12.7. The minimum Gasteiger partial charge on any atom is -0.455 e. The monoisotopic (exact) mass is 278 g/mol. The van der Waals surface area contributed by atoms with Gasteiger partial charge in [0.25, 0.3) is 0 Å². The molecular formula is C17H26O3. The van der Waals surface area contributed by atoms with Crippen LogP contribution in [0.2, 0.25) is 0 Å². The lowest BCUT2D eigenvalue weighted by Crippen LogP contribution is -2.60. The summed E-state index contributed by atoms with van der Waals surface area (Å²) in [5.74, 6) is 2.61. The zero-order valence-corrected chi connectivity index (χ0v) is 12.7. The summed E-state index contributed by atoms with van der Waals surface area (Å²) < 4.78 is 11.4. The molecule has 4 rings (SSSR count). The van der Waals surface area contributed by atoms with Crippen LogP contribution in [-0.2, 0) is 14.3 Å². The highest BCUT2D eigenvalue weighted by molar-refractivity contribution is 5.87. The van der Waals surface area contributed by atoms with Crippen LogP contribution in [0.3, 0.4) is 0 Å². The first-order valence-corrected chi connectivity index (χ1v) is 7.93. The van der Waals surface area contributed by atoms with Crippen LogP contribution in [0.25, 0.3) is 0 Å². The van der Waals surface area contributed by atoms with Crippen LogP contribution in [0.15, 0.2) is 12.2 Å². The average Bonchev–Trinajstić information content (AvgIpc) is 2.40. The second-order valence-corrected chi connectivity index (χ2v) is 7.17. The third-order valence-corrected chi connectivity index (χ3v) is 5.85. The van der Waals surface area contributed by atoms with E-state index in [-0.39, 0.29) is 11.6 Å². The van der Waals surface area contributed by atoms with Gasteiger partial charge in [0.2, 0.25) is 0 Å². The Hall–Kier alpha value is -0.830. The first-order valence-electron chi connectivity index (χ1n) is 7.93. The molecule has 0 N–H and O–H groups in total. The fourth-order valence-electron chi connectivity index (χ4n) is 5.13. The van der Waals surface area contributed by atoms with Crippen LogP contribution in [0.4, 0.5) is 0 Å². The Balaban J connectivity index is 1.85. The van der Waals surface area contributed by atoms with Gasteiger partial charge >= 0.3 is 5.97 Å². The maximum Gasteiger partial charge on any atom is 0.333 e. The Bertz CT molecular complexity index is 384. The summed E-state index contributed by atoms with van der Waals surface area (Å²) >= 11 is 0. The summed E-state index contributed by atoms with van der Waals surface area (Å²) in [5.41, 5.74) is 0.232. The van der Waals surface area contributed by atoms with Gasteiger partial charge in [-0.05, 0) is 62.7 Å². The number of rotatable bonds is 5. The fourth-order valence-corrected chi connectivity index (χ4v) is 5.13. The highest BCUT2D eigenvalue weighted by Gasteiger charge is 2.59. The minimum absolute atomic E-state index is 0.214. The SMILES string of the molecule is C=C(C)C(=O)OC1(CCOC)C2CC3CC(C2)CC1C3. The third-order valence-electron chi connectivity index (χ3n) is 5.85. The normalized spacial score (nSPS) is 41.7. The smallest absolute Gasteiger partial charge is 0.333 e. The van der Waals surface area contributed by atoms with Crippen molar-refractivity contribution in [3.05, 3.63) is 12.2 Å². The van der Waals surface area contributed by atoms with Crippen molar-refractivity contribution in [3.63, 3.8) is 0 Å². The molecule has 4 saturated carbocycles. The van der Waals surface area contributed by atoms with E-state index in [1.165, 1.54) is 32.1 Å². The molecule has 0 spiro atoms. The van der Waals surface area contributed by atoms with Gasteiger partial charge in [-0.1, -0.05) is 6.58 Å². The zero-order chi connectivity index (χ0) is 14.3. The molecular weight excluding hydrogens is 252 g/mol. The Kier molecular flexibility index (Phi) is 3.65. The molecule has 0 saturated heterocycles. The van der Waals surface area contributed by atoms with Crippen LogP contribution in [0, 0.1) is 23.7 Å². The van der Waals surface area contributed by atoms with Gasteiger partial charge in [-0.15, -0.1) is 0 Å². The van der Waals surface area contributed by atoms with E-state index in [1.807, 2.05) is 0 Å². The van der Waals surface area contributed by atoms with Crippen molar-refractivity contribution in [2.75, 3.05) is 13.7 Å². The van der Waals surface area contributed by atoms with E-state index in [0.29, 0.717) is 24.0 Å². The molecule has 3 heteroatoms. The lowest BCUT2D eigenvalue weighted by molar-refractivity contribution is -0.211. The van der Waals surface area contributed by atoms with Crippen molar-refractivity contribution in [1.82, 2.24) is 0 Å². The Labute approximate surface area is 121 Å². The first-order chi connectivity index (χ1) is 9.55. The number of methoxy groups -OCH3 is 1. The topological polar surface area (TPSA) is 35.5 Å². The van der Waals surface area contributed by atoms with Crippen LogP contribution in [0.5, 0.6) is 0 Å². The number of carbonyl (C=O) groups excluding carboxylic acids is 1. The third kappa shape index (κ3) is 2.20. The standard InChI is InChI=1S/C17H26O3/c1-11(2)16(18)20-17(4-5-19-3)14-7-12-6-13(9-14)10-15(17)8-12/h12-15H,1,4-10H2,2-3H3. The van der Waals surface area contributed by atoms with E-state index in [4.69, 9.17) is 9.47 Å². The molecule has 0 aromatic carbocycles. The minimum atomic E-state index is -0.278. The summed E-state index contributed by atoms with van der Waals surface area (Å²) in [6, 6.07) is 0. The summed E-state index contributed by atoms with van der Waals surface area (Å²) in [5, 5.41) is 0. The molecule has 4 fully saturated rings. The van der Waals surface area contributed by atoms with E-state index in [2.05, 4.69) is 6.58 Å². The first kappa shape index (κ1) is 14.1. The number of ether oxygens (including phenoxy) is 2. The van der Waals surface area contributed by atoms with Gasteiger partial charge in [0.15, 0.2) is 0 Å². The van der Waals surface area contributed by atoms with Crippen molar-refractivity contribution in [2.24, 2.45) is 23.7 Å². The van der Waals surface area contributed by atoms with E-state index < -0.39 is 0 Å². The van der Waals surface area contributed by atoms with Crippen molar-refractivity contribution >= 4 is 5.97 Å². The molecule has 4 aliphatic carbocycles. The Morgan fingerprint density at radius 2 is 1.70 bits per heavy atom. The second-order valence-electron chi connectivity index (χ2n) is 7.17. The largest absolute Gasteiger partial charge is 0.455 e. The van der Waals surface area contributed by atoms with E-state index in [0.717, 1.165) is 18.3 Å². The molecule has 0 radical (unpaired) electrons. The van der Waals surface area contributed by atoms with Gasteiger partial charge in [0.1, 0.15) is 5.60 Å². The molecule has 0 heterocycles. The van der Waals surface area contributed by atoms with Crippen LogP contribution in [-0.4, -0.2) is 25.3 Å². The van der Waals surface area contributed by atoms with Gasteiger partial charge in [0.05, 0.1) is 6.61 Å². The molecule has 0 aliphatic heterocycles. The molecule has 112 valence electrons. The van der Waals surface area contributed by atoms with Crippen molar-refractivity contribution < 1.29 is 14.3 Å². The summed E-state index contributed by atoms with van der Waals surface area (Å²) in [6.07, 6.45) is 7.19. The van der Waals surface area contributed by atoms with Gasteiger partial charge < -0.3 is 9.47 Å². The predicted octanol–water partition coefficient (Wildman–Crippen LogP) is 3.34. The quantitative estimate of drug-likeness (QED) is 0.571. The highest BCUT2D eigenvalue weighted by Crippen LogP contribution is 2.60. The fraction of sp³-hybridized carbons (Fsp3) is 0.824. The molecule has 20 heavy (non-hydrogen) atoms. The van der Waals surface area contributed by atoms with E-state index in [9.17, 15) is 4.79 Å². The molecule has 3 nitrogen and oxygen atoms in total. The van der Waals surface area contributed by atoms with Gasteiger partial charge in [0, 0.05) is 19.1 Å². The summed E-state index contributed by atoms with van der Waals surface area (Å²) in [7, 11) is 1.73. The lowest BCUT2D eigenvalue weighted by Gasteiger charge is -2.60. The summed E-state index contributed by atoms with van der Waals surface area (Å²) in [4.78, 5) is 12.1.